The van der Waals surface area contributed by atoms with E-state index in [9.17, 15) is 26.5 Å². The average Bonchev–Trinajstić information content (AvgIpc) is 2.21. The Hall–Kier alpha value is -0.430. The molecule has 22 heavy (non-hydrogen) atoms. The number of sulfone groups is 2. The highest BCUT2D eigenvalue weighted by Gasteiger charge is 2.25. The molecule has 0 aliphatic rings. The molecule has 0 saturated carbocycles. The molecular formula is C13H24O6PS2-. The lowest BCUT2D eigenvalue weighted by Gasteiger charge is -2.21. The van der Waals surface area contributed by atoms with Crippen molar-refractivity contribution < 1.29 is 26.5 Å². The van der Waals surface area contributed by atoms with Crippen LogP contribution in [0.2, 0.25) is 0 Å². The predicted octanol–water partition coefficient (Wildman–Crippen LogP) is 1.20. The molecule has 0 fully saturated rings. The van der Waals surface area contributed by atoms with Crippen molar-refractivity contribution in [2.24, 2.45) is 5.92 Å². The van der Waals surface area contributed by atoms with Crippen molar-refractivity contribution >= 4 is 26.8 Å². The predicted molar refractivity (Wildman–Crippen MR) is 88.6 cm³/mol. The van der Waals surface area contributed by atoms with Crippen LogP contribution in [0.25, 0.3) is 0 Å². The maximum atomic E-state index is 11.8. The van der Waals surface area contributed by atoms with Crippen LogP contribution in [0.15, 0.2) is 23.1 Å². The van der Waals surface area contributed by atoms with Gasteiger partial charge in [0.05, 0.1) is 7.14 Å². The van der Waals surface area contributed by atoms with Crippen molar-refractivity contribution in [1.82, 2.24) is 0 Å². The maximum absolute atomic E-state index is 11.8. The summed E-state index contributed by atoms with van der Waals surface area (Å²) in [6, 6.07) is 0. The Morgan fingerprint density at radius 3 is 2.09 bits per heavy atom. The van der Waals surface area contributed by atoms with Crippen LogP contribution in [0, 0.1) is 5.92 Å². The Labute approximate surface area is 133 Å². The molecule has 2 unspecified atom stereocenters. The van der Waals surface area contributed by atoms with Crippen molar-refractivity contribution in [3.8, 4) is 0 Å². The number of rotatable bonds is 8. The molecule has 0 radical (unpaired) electrons. The first-order valence-corrected chi connectivity index (χ1v) is 13.0. The zero-order chi connectivity index (χ0) is 17.8. The van der Waals surface area contributed by atoms with Gasteiger partial charge in [-0.05, 0) is 32.2 Å². The van der Waals surface area contributed by atoms with E-state index in [-0.39, 0.29) is 5.92 Å². The van der Waals surface area contributed by atoms with Gasteiger partial charge in [-0.15, -0.1) is 6.10 Å². The summed E-state index contributed by atoms with van der Waals surface area (Å²) >= 11 is 0. The van der Waals surface area contributed by atoms with Crippen LogP contribution in [0.1, 0.15) is 20.8 Å². The Morgan fingerprint density at radius 2 is 1.68 bits per heavy atom. The van der Waals surface area contributed by atoms with Gasteiger partial charge in [0.2, 0.25) is 0 Å². The number of allylic oxidation sites excluding steroid dienone is 2. The standard InChI is InChI=1S/C13H24O6PS2/c1-11(8-12(2)13(3)14)6-7-21(16,17)10-22(18,19)9-20(4,5)15/h6-8,12-13H,9-10H2,1-5H3/q-1/b7-6+,11-8?. The van der Waals surface area contributed by atoms with Crippen molar-refractivity contribution in [3.63, 3.8) is 0 Å². The van der Waals surface area contributed by atoms with E-state index >= 15 is 0 Å². The molecule has 130 valence electrons. The summed E-state index contributed by atoms with van der Waals surface area (Å²) in [6.45, 7) is 7.45. The zero-order valence-electron chi connectivity index (χ0n) is 13.5. The topological polar surface area (TPSA) is 108 Å². The van der Waals surface area contributed by atoms with Crippen LogP contribution in [0.3, 0.4) is 0 Å². The molecule has 6 nitrogen and oxygen atoms in total. The van der Waals surface area contributed by atoms with Crippen LogP contribution in [0.4, 0.5) is 0 Å². The van der Waals surface area contributed by atoms with E-state index in [1.165, 1.54) is 26.3 Å². The molecule has 0 N–H and O–H groups in total. The minimum Gasteiger partial charge on any atom is -0.852 e. The van der Waals surface area contributed by atoms with Gasteiger partial charge in [-0.25, -0.2) is 16.8 Å². The molecule has 0 saturated heterocycles. The van der Waals surface area contributed by atoms with Crippen LogP contribution in [-0.2, 0) is 24.2 Å². The summed E-state index contributed by atoms with van der Waals surface area (Å²) < 4.78 is 58.6. The van der Waals surface area contributed by atoms with Crippen molar-refractivity contribution in [1.29, 1.82) is 0 Å². The van der Waals surface area contributed by atoms with Crippen molar-refractivity contribution in [2.75, 3.05) is 23.9 Å². The summed E-state index contributed by atoms with van der Waals surface area (Å²) in [6.07, 6.45) is 2.08. The molecule has 0 rings (SSSR count). The first kappa shape index (κ1) is 21.6. The van der Waals surface area contributed by atoms with E-state index in [2.05, 4.69) is 0 Å². The number of hydrogen-bond donors (Lipinski definition) is 0. The highest BCUT2D eigenvalue weighted by molar-refractivity contribution is 8.11. The molecule has 2 atom stereocenters. The minimum absolute atomic E-state index is 0.262. The Bertz CT molecular complexity index is 680. The van der Waals surface area contributed by atoms with E-state index in [4.69, 9.17) is 0 Å². The summed E-state index contributed by atoms with van der Waals surface area (Å²) in [5.74, 6) is -0.262. The summed E-state index contributed by atoms with van der Waals surface area (Å²) in [4.78, 5) is 0. The minimum atomic E-state index is -3.97. The molecule has 0 aromatic rings. The highest BCUT2D eigenvalue weighted by atomic mass is 32.3. The second-order valence-electron chi connectivity index (χ2n) is 6.00. The Balaban J connectivity index is 5.07. The first-order valence-electron chi connectivity index (χ1n) is 6.63. The lowest BCUT2D eigenvalue weighted by molar-refractivity contribution is -0.422. The van der Waals surface area contributed by atoms with E-state index in [0.29, 0.717) is 5.57 Å². The van der Waals surface area contributed by atoms with Gasteiger partial charge in [0.1, 0.15) is 5.49 Å². The molecule has 0 heterocycles. The number of hydrogen-bond acceptors (Lipinski definition) is 6. The first-order chi connectivity index (χ1) is 9.64. The lowest BCUT2D eigenvalue weighted by Crippen LogP contribution is -2.27. The fraction of sp³-hybridized carbons (Fsp3) is 0.692. The molecule has 0 spiro atoms. The second kappa shape index (κ2) is 7.90. The van der Waals surface area contributed by atoms with Gasteiger partial charge in [-0.2, -0.15) is 0 Å². The molecule has 0 aliphatic carbocycles. The van der Waals surface area contributed by atoms with Gasteiger partial charge in [-0.3, -0.25) is 0 Å². The summed E-state index contributed by atoms with van der Waals surface area (Å²) in [7, 11) is -10.8. The van der Waals surface area contributed by atoms with E-state index in [1.807, 2.05) is 0 Å². The van der Waals surface area contributed by atoms with Crippen LogP contribution < -0.4 is 5.11 Å². The van der Waals surface area contributed by atoms with Gasteiger partial charge in [0, 0.05) is 5.41 Å². The molecule has 0 aromatic heterocycles. The van der Waals surface area contributed by atoms with Crippen LogP contribution >= 0.6 is 7.14 Å². The molecule has 0 aromatic carbocycles. The maximum Gasteiger partial charge on any atom is 0.185 e. The van der Waals surface area contributed by atoms with Gasteiger partial charge in [0.25, 0.3) is 0 Å². The van der Waals surface area contributed by atoms with Crippen molar-refractivity contribution in [3.05, 3.63) is 23.1 Å². The monoisotopic (exact) mass is 371 g/mol. The quantitative estimate of drug-likeness (QED) is 0.468. The fourth-order valence-electron chi connectivity index (χ4n) is 1.62. The highest BCUT2D eigenvalue weighted by Crippen LogP contribution is 2.37. The zero-order valence-corrected chi connectivity index (χ0v) is 16.0. The molecule has 0 aliphatic heterocycles. The molecular weight excluding hydrogens is 347 g/mol. The second-order valence-corrected chi connectivity index (χ2v) is 14.2. The fourth-order valence-corrected chi connectivity index (χ4v) is 9.11. The van der Waals surface area contributed by atoms with Gasteiger partial charge >= 0.3 is 0 Å². The van der Waals surface area contributed by atoms with Crippen LogP contribution in [-0.4, -0.2) is 46.8 Å². The molecule has 0 amide bonds. The summed E-state index contributed by atoms with van der Waals surface area (Å²) in [5.41, 5.74) is -0.0695. The van der Waals surface area contributed by atoms with E-state index in [0.717, 1.165) is 5.41 Å². The third-order valence-electron chi connectivity index (χ3n) is 2.66. The lowest BCUT2D eigenvalue weighted by atomic mass is 10.0. The molecule has 9 heteroatoms. The third kappa shape index (κ3) is 10.3. The SMILES string of the molecule is CC(=CC(C)C(C)[O-])/C=C/S(=O)(=O)CS(=O)(=O)CP(C)(C)=O. The van der Waals surface area contributed by atoms with Gasteiger partial charge in [0.15, 0.2) is 24.8 Å². The smallest absolute Gasteiger partial charge is 0.185 e. The largest absolute Gasteiger partial charge is 0.852 e. The normalized spacial score (nSPS) is 17.6. The third-order valence-corrected chi connectivity index (χ3v) is 10.0. The van der Waals surface area contributed by atoms with Gasteiger partial charge < -0.3 is 9.67 Å². The van der Waals surface area contributed by atoms with E-state index in [1.54, 1.807) is 19.9 Å². The Morgan fingerprint density at radius 1 is 1.18 bits per heavy atom. The Kier molecular flexibility index (Phi) is 7.75. The van der Waals surface area contributed by atoms with Crippen molar-refractivity contribution in [2.45, 2.75) is 26.9 Å². The summed E-state index contributed by atoms with van der Waals surface area (Å²) in [5, 5.41) is 10.9. The van der Waals surface area contributed by atoms with Gasteiger partial charge in [-0.1, -0.05) is 25.5 Å². The van der Waals surface area contributed by atoms with Crippen LogP contribution in [0.5, 0.6) is 0 Å². The van der Waals surface area contributed by atoms with E-state index < -0.39 is 43.5 Å². The average molecular weight is 371 g/mol. The molecule has 0 bridgehead atoms.